The number of hydrogen-bond acceptors (Lipinski definition) is 1. The Balaban J connectivity index is 0.000000845. The molecule has 2 heteroatoms. The largest absolute Gasteiger partial charge is 0.401 e. The standard InChI is InChI=1S/C11H9O.Y/c1-2-8-7-9-5-3-4-6-10(9)11(8)12;/h3-6H,7H2,1H3;/q-1;. The van der Waals surface area contributed by atoms with Crippen LogP contribution in [0.5, 0.6) is 0 Å². The van der Waals surface area contributed by atoms with Gasteiger partial charge in [-0.2, -0.15) is 5.57 Å². The van der Waals surface area contributed by atoms with E-state index in [0.29, 0.717) is 0 Å². The van der Waals surface area contributed by atoms with E-state index in [9.17, 15) is 4.79 Å². The summed E-state index contributed by atoms with van der Waals surface area (Å²) in [6.07, 6.45) is 3.68. The fourth-order valence-electron chi connectivity index (χ4n) is 1.53. The minimum Gasteiger partial charge on any atom is -0.401 e. The molecule has 1 aromatic rings. The van der Waals surface area contributed by atoms with E-state index in [4.69, 9.17) is 0 Å². The average molecular weight is 246 g/mol. The van der Waals surface area contributed by atoms with Crippen LogP contribution in [0.25, 0.3) is 0 Å². The molecule has 0 aromatic heterocycles. The van der Waals surface area contributed by atoms with Gasteiger partial charge in [0.25, 0.3) is 0 Å². The molecule has 2 rings (SSSR count). The van der Waals surface area contributed by atoms with Gasteiger partial charge in [-0.15, -0.1) is 6.92 Å². The summed E-state index contributed by atoms with van der Waals surface area (Å²) in [6.45, 7) is 1.79. The zero-order valence-corrected chi connectivity index (χ0v) is 10.3. The second-order valence-corrected chi connectivity index (χ2v) is 2.89. The second-order valence-electron chi connectivity index (χ2n) is 2.89. The first-order valence-corrected chi connectivity index (χ1v) is 3.99. The zero-order chi connectivity index (χ0) is 8.55. The molecule has 0 bridgehead atoms. The minimum absolute atomic E-state index is 0. The van der Waals surface area contributed by atoms with Gasteiger partial charge in [0.2, 0.25) is 0 Å². The number of fused-ring (bicyclic) bond motifs is 1. The van der Waals surface area contributed by atoms with E-state index in [0.717, 1.165) is 23.1 Å². The number of carbonyl (C=O) groups is 1. The minimum atomic E-state index is 0. The Morgan fingerprint density at radius 1 is 1.31 bits per heavy atom. The molecular weight excluding hydrogens is 237 g/mol. The molecule has 0 amide bonds. The van der Waals surface area contributed by atoms with Gasteiger partial charge in [0.1, 0.15) is 0 Å². The predicted molar refractivity (Wildman–Crippen MR) is 46.9 cm³/mol. The van der Waals surface area contributed by atoms with Crippen molar-refractivity contribution in [2.75, 3.05) is 0 Å². The number of hydrogen-bond donors (Lipinski definition) is 0. The molecule has 0 atom stereocenters. The summed E-state index contributed by atoms with van der Waals surface area (Å²) in [5, 5.41) is 0. The van der Waals surface area contributed by atoms with Gasteiger partial charge in [0, 0.05) is 38.5 Å². The fourth-order valence-corrected chi connectivity index (χ4v) is 1.53. The van der Waals surface area contributed by atoms with Crippen molar-refractivity contribution in [3.05, 3.63) is 47.0 Å². The van der Waals surface area contributed by atoms with Crippen LogP contribution >= 0.6 is 0 Å². The molecule has 1 aromatic carbocycles. The van der Waals surface area contributed by atoms with Crippen molar-refractivity contribution in [2.45, 2.75) is 13.3 Å². The smallest absolute Gasteiger partial charge is 0.0326 e. The van der Waals surface area contributed by atoms with Gasteiger partial charge in [0.15, 0.2) is 0 Å². The third-order valence-electron chi connectivity index (χ3n) is 2.21. The second kappa shape index (κ2) is 4.30. The van der Waals surface area contributed by atoms with Crippen molar-refractivity contribution < 1.29 is 37.5 Å². The first kappa shape index (κ1) is 10.8. The van der Waals surface area contributed by atoms with Gasteiger partial charge < -0.3 is 4.79 Å². The Morgan fingerprint density at radius 2 is 2.00 bits per heavy atom. The van der Waals surface area contributed by atoms with Gasteiger partial charge in [-0.25, -0.2) is 0 Å². The van der Waals surface area contributed by atoms with Crippen LogP contribution in [0.3, 0.4) is 0 Å². The van der Waals surface area contributed by atoms with Crippen molar-refractivity contribution in [3.8, 4) is 0 Å². The zero-order valence-electron chi connectivity index (χ0n) is 7.50. The number of Topliss-reactive ketones (excluding diaryl/α,β-unsaturated/α-hetero) is 1. The monoisotopic (exact) mass is 246 g/mol. The van der Waals surface area contributed by atoms with Gasteiger partial charge in [0.05, 0.1) is 0 Å². The van der Waals surface area contributed by atoms with Crippen LogP contribution in [0.15, 0.2) is 29.8 Å². The summed E-state index contributed by atoms with van der Waals surface area (Å²) in [5.74, 6) is 0.146. The van der Waals surface area contributed by atoms with Crippen LogP contribution in [0.4, 0.5) is 0 Å². The first-order chi connectivity index (χ1) is 5.83. The molecule has 0 spiro atoms. The van der Waals surface area contributed by atoms with Crippen molar-refractivity contribution in [2.24, 2.45) is 0 Å². The Hall–Kier alpha value is -0.266. The molecule has 0 aliphatic heterocycles. The van der Waals surface area contributed by atoms with Crippen LogP contribution in [0.2, 0.25) is 0 Å². The molecule has 1 nitrogen and oxygen atoms in total. The third kappa shape index (κ3) is 1.82. The molecule has 0 fully saturated rings. The number of allylic oxidation sites excluding steroid dienone is 2. The van der Waals surface area contributed by atoms with E-state index >= 15 is 0 Å². The summed E-state index contributed by atoms with van der Waals surface area (Å²) in [6, 6.07) is 7.74. The quantitative estimate of drug-likeness (QED) is 0.506. The number of ketones is 1. The molecule has 0 unspecified atom stereocenters. The van der Waals surface area contributed by atoms with E-state index in [1.807, 2.05) is 24.3 Å². The number of benzene rings is 1. The number of rotatable bonds is 0. The van der Waals surface area contributed by atoms with E-state index in [1.54, 1.807) is 6.92 Å². The Bertz CT molecular complexity index is 366. The Kier molecular flexibility index (Phi) is 3.58. The van der Waals surface area contributed by atoms with Crippen molar-refractivity contribution in [1.29, 1.82) is 0 Å². The van der Waals surface area contributed by atoms with E-state index in [-0.39, 0.29) is 38.5 Å². The molecule has 1 aliphatic carbocycles. The normalized spacial score (nSPS) is 17.0. The maximum absolute atomic E-state index is 11.5. The van der Waals surface area contributed by atoms with Crippen molar-refractivity contribution in [1.82, 2.24) is 0 Å². The fraction of sp³-hybridized carbons (Fsp3) is 0.182. The molecule has 63 valence electrons. The molecule has 0 saturated carbocycles. The molecule has 1 radical (unpaired) electrons. The van der Waals surface area contributed by atoms with Crippen LogP contribution in [-0.4, -0.2) is 5.78 Å². The average Bonchev–Trinajstić information content (AvgIpc) is 2.44. The predicted octanol–water partition coefficient (Wildman–Crippen LogP) is 2.17. The number of carbonyl (C=O) groups excluding carboxylic acids is 1. The van der Waals surface area contributed by atoms with Crippen LogP contribution < -0.4 is 0 Å². The van der Waals surface area contributed by atoms with Gasteiger partial charge in [-0.3, -0.25) is 6.08 Å². The van der Waals surface area contributed by atoms with E-state index in [2.05, 4.69) is 6.08 Å². The molecule has 0 saturated heterocycles. The molecular formula is C11H9OY-. The van der Waals surface area contributed by atoms with Crippen LogP contribution in [-0.2, 0) is 39.1 Å². The Morgan fingerprint density at radius 3 is 2.62 bits per heavy atom. The van der Waals surface area contributed by atoms with Gasteiger partial charge in [-0.05, 0) is 6.42 Å². The summed E-state index contributed by atoms with van der Waals surface area (Å²) >= 11 is 0. The first-order valence-electron chi connectivity index (χ1n) is 3.99. The maximum Gasteiger partial charge on any atom is 0.0326 e. The van der Waals surface area contributed by atoms with E-state index in [1.165, 1.54) is 0 Å². The molecule has 0 N–H and O–H groups in total. The Labute approximate surface area is 103 Å². The SMILES string of the molecule is C[C-]=C1Cc2ccccc2C1=O.[Y]. The van der Waals surface area contributed by atoms with E-state index < -0.39 is 0 Å². The topological polar surface area (TPSA) is 17.1 Å². The van der Waals surface area contributed by atoms with Crippen LogP contribution in [0, 0.1) is 6.08 Å². The third-order valence-corrected chi connectivity index (χ3v) is 2.21. The molecule has 0 heterocycles. The summed E-state index contributed by atoms with van der Waals surface area (Å²) in [5.41, 5.74) is 2.78. The van der Waals surface area contributed by atoms with Crippen LogP contribution in [0.1, 0.15) is 22.8 Å². The molecule has 1 aliphatic rings. The van der Waals surface area contributed by atoms with Gasteiger partial charge >= 0.3 is 0 Å². The van der Waals surface area contributed by atoms with Crippen molar-refractivity contribution in [3.63, 3.8) is 0 Å². The summed E-state index contributed by atoms with van der Waals surface area (Å²) in [7, 11) is 0. The summed E-state index contributed by atoms with van der Waals surface area (Å²) < 4.78 is 0. The summed E-state index contributed by atoms with van der Waals surface area (Å²) in [4.78, 5) is 11.5. The van der Waals surface area contributed by atoms with Crippen molar-refractivity contribution >= 4 is 5.78 Å². The molecule has 13 heavy (non-hydrogen) atoms. The van der Waals surface area contributed by atoms with Gasteiger partial charge in [-0.1, -0.05) is 35.4 Å². The maximum atomic E-state index is 11.5.